The number of hydrogen-bond donors (Lipinski definition) is 1. The first-order chi connectivity index (χ1) is 8.20. The molecule has 1 aromatic rings. The lowest BCUT2D eigenvalue weighted by atomic mass is 10.0. The van der Waals surface area contributed by atoms with Crippen molar-refractivity contribution in [2.75, 3.05) is 13.2 Å². The summed E-state index contributed by atoms with van der Waals surface area (Å²) < 4.78 is 0. The zero-order valence-electron chi connectivity index (χ0n) is 9.57. The molecular weight excluding hydrogens is 259 g/mol. The van der Waals surface area contributed by atoms with Gasteiger partial charge in [0.15, 0.2) is 0 Å². The molecule has 5 heteroatoms. The number of likely N-dealkylation sites (tertiary alicyclic amines) is 1. The number of pyridine rings is 1. The highest BCUT2D eigenvalue weighted by Crippen LogP contribution is 2.24. The molecule has 1 saturated heterocycles. The van der Waals surface area contributed by atoms with Gasteiger partial charge in [0.1, 0.15) is 5.15 Å². The summed E-state index contributed by atoms with van der Waals surface area (Å²) in [5, 5.41) is 10.4. The summed E-state index contributed by atoms with van der Waals surface area (Å²) in [6.07, 6.45) is 5.13. The van der Waals surface area contributed by atoms with E-state index in [0.29, 0.717) is 10.2 Å². The summed E-state index contributed by atoms with van der Waals surface area (Å²) in [5.74, 6) is 0. The van der Waals surface area contributed by atoms with Gasteiger partial charge in [-0.2, -0.15) is 0 Å². The Bertz CT molecular complexity index is 387. The first kappa shape index (κ1) is 13.1. The third kappa shape index (κ3) is 3.32. The van der Waals surface area contributed by atoms with Crippen LogP contribution >= 0.6 is 23.2 Å². The molecule has 94 valence electrons. The highest BCUT2D eigenvalue weighted by molar-refractivity contribution is 6.34. The first-order valence-corrected chi connectivity index (χ1v) is 6.61. The van der Waals surface area contributed by atoms with E-state index in [1.165, 1.54) is 12.8 Å². The number of aliphatic hydroxyl groups is 1. The number of aromatic nitrogens is 1. The van der Waals surface area contributed by atoms with E-state index in [4.69, 9.17) is 23.2 Å². The molecule has 1 aromatic heterocycles. The third-order valence-electron chi connectivity index (χ3n) is 3.23. The summed E-state index contributed by atoms with van der Waals surface area (Å²) in [6, 6.07) is 1.91. The Morgan fingerprint density at radius 2 is 2.24 bits per heavy atom. The number of piperidine rings is 1. The number of rotatable bonds is 3. The van der Waals surface area contributed by atoms with Gasteiger partial charge in [0.05, 0.1) is 6.61 Å². The molecule has 2 rings (SSSR count). The highest BCUT2D eigenvalue weighted by Gasteiger charge is 2.22. The molecule has 1 aliphatic heterocycles. The summed E-state index contributed by atoms with van der Waals surface area (Å²) in [6.45, 7) is 1.94. The number of halogens is 2. The van der Waals surface area contributed by atoms with Gasteiger partial charge in [0.2, 0.25) is 0 Å². The molecule has 1 fully saturated rings. The van der Waals surface area contributed by atoms with E-state index in [1.807, 2.05) is 0 Å². The molecule has 17 heavy (non-hydrogen) atoms. The largest absolute Gasteiger partial charge is 0.395 e. The molecule has 0 spiro atoms. The lowest BCUT2D eigenvalue weighted by Crippen LogP contribution is -2.41. The van der Waals surface area contributed by atoms with Crippen LogP contribution in [0.1, 0.15) is 24.8 Å². The minimum Gasteiger partial charge on any atom is -0.395 e. The Hall–Kier alpha value is -0.350. The Kier molecular flexibility index (Phi) is 4.62. The van der Waals surface area contributed by atoms with Crippen molar-refractivity contribution in [2.24, 2.45) is 0 Å². The molecule has 1 unspecified atom stereocenters. The maximum absolute atomic E-state index is 9.34. The Morgan fingerprint density at radius 3 is 2.94 bits per heavy atom. The minimum absolute atomic E-state index is 0.207. The smallest absolute Gasteiger partial charge is 0.130 e. The zero-order valence-corrected chi connectivity index (χ0v) is 11.1. The van der Waals surface area contributed by atoms with Crippen LogP contribution in [0.15, 0.2) is 12.3 Å². The molecule has 3 nitrogen and oxygen atoms in total. The van der Waals surface area contributed by atoms with Crippen molar-refractivity contribution in [1.29, 1.82) is 0 Å². The van der Waals surface area contributed by atoms with Crippen LogP contribution in [0.4, 0.5) is 0 Å². The van der Waals surface area contributed by atoms with Gasteiger partial charge in [-0.15, -0.1) is 0 Å². The fourth-order valence-electron chi connectivity index (χ4n) is 2.25. The Balaban J connectivity index is 2.08. The molecular formula is C12H16Cl2N2O. The maximum atomic E-state index is 9.34. The van der Waals surface area contributed by atoms with E-state index in [0.717, 1.165) is 25.1 Å². The molecule has 0 amide bonds. The van der Waals surface area contributed by atoms with Gasteiger partial charge in [-0.25, -0.2) is 4.98 Å². The summed E-state index contributed by atoms with van der Waals surface area (Å²) in [4.78, 5) is 6.31. The van der Waals surface area contributed by atoms with E-state index in [1.54, 1.807) is 12.3 Å². The van der Waals surface area contributed by atoms with Crippen LogP contribution in [0.5, 0.6) is 0 Å². The van der Waals surface area contributed by atoms with E-state index in [2.05, 4.69) is 9.88 Å². The van der Waals surface area contributed by atoms with Crippen molar-refractivity contribution >= 4 is 23.2 Å². The van der Waals surface area contributed by atoms with Crippen molar-refractivity contribution < 1.29 is 5.11 Å². The molecule has 1 aliphatic rings. The normalized spacial score (nSPS) is 21.7. The Morgan fingerprint density at radius 1 is 1.41 bits per heavy atom. The Labute approximate surface area is 111 Å². The van der Waals surface area contributed by atoms with Crippen molar-refractivity contribution in [3.63, 3.8) is 0 Å². The van der Waals surface area contributed by atoms with Crippen LogP contribution in [0.25, 0.3) is 0 Å². The van der Waals surface area contributed by atoms with Crippen LogP contribution < -0.4 is 0 Å². The summed E-state index contributed by atoms with van der Waals surface area (Å²) >= 11 is 11.9. The lowest BCUT2D eigenvalue weighted by Gasteiger charge is -2.34. The fraction of sp³-hybridized carbons (Fsp3) is 0.583. The highest BCUT2D eigenvalue weighted by atomic mass is 35.5. The molecule has 1 N–H and O–H groups in total. The molecule has 0 aliphatic carbocycles. The number of nitrogens with zero attached hydrogens (tertiary/aromatic N) is 2. The van der Waals surface area contributed by atoms with E-state index >= 15 is 0 Å². The first-order valence-electron chi connectivity index (χ1n) is 5.85. The van der Waals surface area contributed by atoms with Crippen LogP contribution in [0, 0.1) is 0 Å². The van der Waals surface area contributed by atoms with Crippen LogP contribution in [0.2, 0.25) is 10.2 Å². The average molecular weight is 275 g/mol. The molecule has 0 bridgehead atoms. The quantitative estimate of drug-likeness (QED) is 0.862. The van der Waals surface area contributed by atoms with Gasteiger partial charge >= 0.3 is 0 Å². The van der Waals surface area contributed by atoms with Crippen molar-refractivity contribution in [3.05, 3.63) is 28.0 Å². The van der Waals surface area contributed by atoms with Crippen LogP contribution in [0.3, 0.4) is 0 Å². The van der Waals surface area contributed by atoms with Crippen LogP contribution in [-0.2, 0) is 6.54 Å². The van der Waals surface area contributed by atoms with Crippen molar-refractivity contribution in [2.45, 2.75) is 31.8 Å². The van der Waals surface area contributed by atoms with E-state index in [-0.39, 0.29) is 12.6 Å². The fourth-order valence-corrected chi connectivity index (χ4v) is 2.67. The van der Waals surface area contributed by atoms with Gasteiger partial charge in [-0.05, 0) is 25.5 Å². The third-order valence-corrected chi connectivity index (χ3v) is 3.79. The standard InChI is InChI=1S/C12H16Cl2N2O/c13-11-5-12(14)15-6-9(11)7-16-4-2-1-3-10(16)8-17/h5-6,10,17H,1-4,7-8H2. The molecule has 2 heterocycles. The lowest BCUT2D eigenvalue weighted by molar-refractivity contribution is 0.0840. The zero-order chi connectivity index (χ0) is 12.3. The van der Waals surface area contributed by atoms with E-state index < -0.39 is 0 Å². The van der Waals surface area contributed by atoms with E-state index in [9.17, 15) is 5.11 Å². The minimum atomic E-state index is 0.207. The SMILES string of the molecule is OCC1CCCCN1Cc1cnc(Cl)cc1Cl. The van der Waals surface area contributed by atoms with Gasteiger partial charge < -0.3 is 5.11 Å². The second-order valence-corrected chi connectivity index (χ2v) is 5.20. The molecule has 0 saturated carbocycles. The molecule has 0 aromatic carbocycles. The summed E-state index contributed by atoms with van der Waals surface area (Å²) in [5.41, 5.74) is 0.969. The van der Waals surface area contributed by atoms with Gasteiger partial charge in [0, 0.05) is 29.4 Å². The van der Waals surface area contributed by atoms with Crippen molar-refractivity contribution in [1.82, 2.24) is 9.88 Å². The monoisotopic (exact) mass is 274 g/mol. The summed E-state index contributed by atoms with van der Waals surface area (Å²) in [7, 11) is 0. The molecule has 1 atom stereocenters. The van der Waals surface area contributed by atoms with Crippen LogP contribution in [-0.4, -0.2) is 34.2 Å². The number of hydrogen-bond acceptors (Lipinski definition) is 3. The predicted octanol–water partition coefficient (Wildman–Crippen LogP) is 2.74. The maximum Gasteiger partial charge on any atom is 0.130 e. The topological polar surface area (TPSA) is 36.4 Å². The van der Waals surface area contributed by atoms with Gasteiger partial charge in [-0.3, -0.25) is 4.90 Å². The molecule has 0 radical (unpaired) electrons. The van der Waals surface area contributed by atoms with Gasteiger partial charge in [0.25, 0.3) is 0 Å². The average Bonchev–Trinajstić information content (AvgIpc) is 2.33. The second kappa shape index (κ2) is 6.01. The van der Waals surface area contributed by atoms with Crippen molar-refractivity contribution in [3.8, 4) is 0 Å². The predicted molar refractivity (Wildman–Crippen MR) is 69.4 cm³/mol. The van der Waals surface area contributed by atoms with Gasteiger partial charge in [-0.1, -0.05) is 29.6 Å². The number of aliphatic hydroxyl groups excluding tert-OH is 1. The second-order valence-electron chi connectivity index (χ2n) is 4.40.